The maximum absolute atomic E-state index is 13.5. The van der Waals surface area contributed by atoms with E-state index in [1.54, 1.807) is 11.8 Å². The molecule has 6 heteroatoms. The first kappa shape index (κ1) is 15.4. The molecule has 2 nitrogen and oxygen atoms in total. The number of hydrogen-bond acceptors (Lipinski definition) is 2. The van der Waals surface area contributed by atoms with Gasteiger partial charge < -0.3 is 5.32 Å². The third-order valence-electron chi connectivity index (χ3n) is 2.37. The van der Waals surface area contributed by atoms with Gasteiger partial charge in [-0.25, -0.2) is 8.78 Å². The number of rotatable bonds is 5. The second-order valence-electron chi connectivity index (χ2n) is 3.90. The van der Waals surface area contributed by atoms with Crippen LogP contribution in [0.25, 0.3) is 0 Å². The molecule has 0 saturated carbocycles. The molecule has 0 spiro atoms. The average Bonchev–Trinajstić information content (AvgIpc) is 2.24. The smallest absolute Gasteiger partial charge is 0.257 e. The molecule has 18 heavy (non-hydrogen) atoms. The Hall–Kier alpha value is -0.620. The van der Waals surface area contributed by atoms with Crippen LogP contribution in [0, 0.1) is 11.6 Å². The lowest BCUT2D eigenvalue weighted by Crippen LogP contribution is -2.34. The Labute approximate surface area is 118 Å². The summed E-state index contributed by atoms with van der Waals surface area (Å²) in [5.74, 6) is -1.56. The Morgan fingerprint density at radius 2 is 2.00 bits per heavy atom. The number of benzene rings is 1. The molecule has 0 aliphatic heterocycles. The standard InChI is InChI=1S/C12H14BrF2NOS/c1-7(3-4-18-2)16-12(17)11-9(14)5-8(13)6-10(11)15/h5-7H,3-4H2,1-2H3,(H,16,17)/t7-/m0/s1. The minimum absolute atomic E-state index is 0.118. The van der Waals surface area contributed by atoms with E-state index in [9.17, 15) is 13.6 Å². The summed E-state index contributed by atoms with van der Waals surface area (Å²) in [5.41, 5.74) is -0.533. The topological polar surface area (TPSA) is 29.1 Å². The Bertz CT molecular complexity index is 419. The molecule has 1 atom stereocenters. The third-order valence-corrected chi connectivity index (χ3v) is 3.47. The van der Waals surface area contributed by atoms with Crippen LogP contribution in [0.4, 0.5) is 8.78 Å². The van der Waals surface area contributed by atoms with E-state index in [2.05, 4.69) is 21.2 Å². The van der Waals surface area contributed by atoms with Crippen molar-refractivity contribution < 1.29 is 13.6 Å². The van der Waals surface area contributed by atoms with E-state index in [4.69, 9.17) is 0 Å². The summed E-state index contributed by atoms with van der Waals surface area (Å²) in [5, 5.41) is 2.58. The van der Waals surface area contributed by atoms with Crippen LogP contribution in [0.3, 0.4) is 0 Å². The number of hydrogen-bond donors (Lipinski definition) is 1. The second-order valence-corrected chi connectivity index (χ2v) is 5.80. The van der Waals surface area contributed by atoms with Gasteiger partial charge in [0, 0.05) is 10.5 Å². The summed E-state index contributed by atoms with van der Waals surface area (Å²) < 4.78 is 27.3. The van der Waals surface area contributed by atoms with Crippen molar-refractivity contribution in [1.82, 2.24) is 5.32 Å². The van der Waals surface area contributed by atoms with Gasteiger partial charge in [-0.1, -0.05) is 15.9 Å². The molecule has 0 unspecified atom stereocenters. The van der Waals surface area contributed by atoms with Crippen LogP contribution in [0.2, 0.25) is 0 Å². The van der Waals surface area contributed by atoms with Crippen LogP contribution in [-0.2, 0) is 0 Å². The fraction of sp³-hybridized carbons (Fsp3) is 0.417. The molecule has 0 heterocycles. The van der Waals surface area contributed by atoms with E-state index >= 15 is 0 Å². The van der Waals surface area contributed by atoms with E-state index in [0.717, 1.165) is 24.3 Å². The maximum atomic E-state index is 13.5. The molecule has 0 aromatic heterocycles. The minimum atomic E-state index is -0.864. The van der Waals surface area contributed by atoms with E-state index in [1.165, 1.54) is 0 Å². The highest BCUT2D eigenvalue weighted by atomic mass is 79.9. The molecular weight excluding hydrogens is 324 g/mol. The highest BCUT2D eigenvalue weighted by molar-refractivity contribution is 9.10. The summed E-state index contributed by atoms with van der Waals surface area (Å²) in [6.07, 6.45) is 2.72. The van der Waals surface area contributed by atoms with Crippen molar-refractivity contribution in [3.05, 3.63) is 33.8 Å². The zero-order chi connectivity index (χ0) is 13.7. The number of amides is 1. The number of halogens is 3. The third kappa shape index (κ3) is 4.24. The molecule has 1 aromatic rings. The van der Waals surface area contributed by atoms with Crippen molar-refractivity contribution in [2.45, 2.75) is 19.4 Å². The molecule has 1 amide bonds. The maximum Gasteiger partial charge on any atom is 0.257 e. The molecule has 0 saturated heterocycles. The molecule has 1 N–H and O–H groups in total. The van der Waals surface area contributed by atoms with Gasteiger partial charge in [0.15, 0.2) is 0 Å². The van der Waals surface area contributed by atoms with E-state index in [0.29, 0.717) is 0 Å². The van der Waals surface area contributed by atoms with E-state index in [-0.39, 0.29) is 10.5 Å². The zero-order valence-electron chi connectivity index (χ0n) is 10.1. The van der Waals surface area contributed by atoms with Gasteiger partial charge >= 0.3 is 0 Å². The van der Waals surface area contributed by atoms with Gasteiger partial charge in [-0.05, 0) is 37.5 Å². The molecule has 100 valence electrons. The highest BCUT2D eigenvalue weighted by Crippen LogP contribution is 2.19. The number of thioether (sulfide) groups is 1. The Morgan fingerprint density at radius 3 is 2.50 bits per heavy atom. The molecule has 0 bridgehead atoms. The van der Waals surface area contributed by atoms with Crippen molar-refractivity contribution in [2.24, 2.45) is 0 Å². The van der Waals surface area contributed by atoms with Crippen molar-refractivity contribution in [3.63, 3.8) is 0 Å². The minimum Gasteiger partial charge on any atom is -0.349 e. The number of nitrogens with one attached hydrogen (secondary N) is 1. The molecule has 0 fully saturated rings. The number of carbonyl (C=O) groups excluding carboxylic acids is 1. The lowest BCUT2D eigenvalue weighted by atomic mass is 10.1. The molecule has 1 rings (SSSR count). The van der Waals surface area contributed by atoms with Crippen LogP contribution >= 0.6 is 27.7 Å². The first-order valence-electron chi connectivity index (χ1n) is 5.40. The average molecular weight is 338 g/mol. The fourth-order valence-corrected chi connectivity index (χ4v) is 2.41. The lowest BCUT2D eigenvalue weighted by Gasteiger charge is -2.14. The summed E-state index contributed by atoms with van der Waals surface area (Å²) in [6.45, 7) is 1.81. The fourth-order valence-electron chi connectivity index (χ4n) is 1.42. The van der Waals surface area contributed by atoms with E-state index in [1.807, 2.05) is 13.2 Å². The largest absolute Gasteiger partial charge is 0.349 e. The quantitative estimate of drug-likeness (QED) is 0.889. The van der Waals surface area contributed by atoms with Crippen molar-refractivity contribution in [3.8, 4) is 0 Å². The van der Waals surface area contributed by atoms with Crippen LogP contribution in [0.5, 0.6) is 0 Å². The predicted octanol–water partition coefficient (Wildman–Crippen LogP) is 3.60. The van der Waals surface area contributed by atoms with Crippen molar-refractivity contribution in [2.75, 3.05) is 12.0 Å². The Morgan fingerprint density at radius 1 is 1.44 bits per heavy atom. The van der Waals surface area contributed by atoms with Gasteiger partial charge in [0.1, 0.15) is 17.2 Å². The number of carbonyl (C=O) groups is 1. The van der Waals surface area contributed by atoms with Gasteiger partial charge in [0.05, 0.1) is 0 Å². The monoisotopic (exact) mass is 337 g/mol. The second kappa shape index (κ2) is 7.09. The molecule has 0 aliphatic rings. The van der Waals surface area contributed by atoms with Crippen LogP contribution in [0.15, 0.2) is 16.6 Å². The van der Waals surface area contributed by atoms with Crippen molar-refractivity contribution in [1.29, 1.82) is 0 Å². The van der Waals surface area contributed by atoms with Crippen molar-refractivity contribution >= 4 is 33.6 Å². The summed E-state index contributed by atoms with van der Waals surface area (Å²) in [6, 6.07) is 2.03. The predicted molar refractivity (Wildman–Crippen MR) is 74.0 cm³/mol. The van der Waals surface area contributed by atoms with Crippen LogP contribution in [0.1, 0.15) is 23.7 Å². The highest BCUT2D eigenvalue weighted by Gasteiger charge is 2.19. The zero-order valence-corrected chi connectivity index (χ0v) is 12.5. The van der Waals surface area contributed by atoms with Gasteiger partial charge in [0.2, 0.25) is 0 Å². The van der Waals surface area contributed by atoms with Crippen LogP contribution < -0.4 is 5.32 Å². The molecule has 1 aromatic carbocycles. The van der Waals surface area contributed by atoms with E-state index < -0.39 is 23.1 Å². The van der Waals surface area contributed by atoms with Gasteiger partial charge in [-0.3, -0.25) is 4.79 Å². The summed E-state index contributed by atoms with van der Waals surface area (Å²) >= 11 is 4.62. The first-order chi connectivity index (χ1) is 8.45. The molecule has 0 radical (unpaired) electrons. The molecular formula is C12H14BrF2NOS. The SMILES string of the molecule is CSCC[C@H](C)NC(=O)c1c(F)cc(Br)cc1F. The van der Waals surface area contributed by atoms with Gasteiger partial charge in [-0.15, -0.1) is 0 Å². The molecule has 0 aliphatic carbocycles. The lowest BCUT2D eigenvalue weighted by molar-refractivity contribution is 0.0931. The summed E-state index contributed by atoms with van der Waals surface area (Å²) in [7, 11) is 0. The Kier molecular flexibility index (Phi) is 6.08. The summed E-state index contributed by atoms with van der Waals surface area (Å²) in [4.78, 5) is 11.8. The van der Waals surface area contributed by atoms with Crippen LogP contribution in [-0.4, -0.2) is 24.0 Å². The Balaban J connectivity index is 2.78. The van der Waals surface area contributed by atoms with Gasteiger partial charge in [0.25, 0.3) is 5.91 Å². The first-order valence-corrected chi connectivity index (χ1v) is 7.58. The normalized spacial score (nSPS) is 12.3. The van der Waals surface area contributed by atoms with Gasteiger partial charge in [-0.2, -0.15) is 11.8 Å².